The van der Waals surface area contributed by atoms with E-state index in [2.05, 4.69) is 10.3 Å². The Labute approximate surface area is 220 Å². The number of non-ortho nitro benzene ring substituents is 1. The van der Waals surface area contributed by atoms with E-state index in [0.29, 0.717) is 17.3 Å². The van der Waals surface area contributed by atoms with Gasteiger partial charge in [-0.05, 0) is 37.6 Å². The molecule has 3 rings (SSSR count). The van der Waals surface area contributed by atoms with Crippen molar-refractivity contribution in [2.45, 2.75) is 49.3 Å². The number of hydrogen-bond donors (Lipinski definition) is 1. The number of nitro benzene ring substituents is 1. The Kier molecular flexibility index (Phi) is 9.05. The molecule has 1 aliphatic heterocycles. The number of nitrogens with zero attached hydrogens (tertiary/aromatic N) is 4. The maximum Gasteiger partial charge on any atom is 0.271 e. The predicted molar refractivity (Wildman–Crippen MR) is 143 cm³/mol. The van der Waals surface area contributed by atoms with Crippen molar-refractivity contribution in [1.29, 1.82) is 0 Å². The van der Waals surface area contributed by atoms with E-state index in [1.807, 2.05) is 13.8 Å². The fourth-order valence-electron chi connectivity index (χ4n) is 3.76. The van der Waals surface area contributed by atoms with Crippen molar-refractivity contribution in [3.63, 3.8) is 0 Å². The zero-order valence-electron chi connectivity index (χ0n) is 20.9. The average molecular weight is 548 g/mol. The number of aliphatic imine (C=N–C) groups is 1. The Hall–Kier alpha value is -3.29. The molecule has 2 amide bonds. The molecule has 11 nitrogen and oxygen atoms in total. The first-order valence-corrected chi connectivity index (χ1v) is 13.9. The summed E-state index contributed by atoms with van der Waals surface area (Å²) in [7, 11) is -0.783. The highest BCUT2D eigenvalue weighted by Crippen LogP contribution is 2.34. The predicted octanol–water partition coefficient (Wildman–Crippen LogP) is 3.99. The van der Waals surface area contributed by atoms with Crippen LogP contribution in [-0.4, -0.2) is 64.9 Å². The van der Waals surface area contributed by atoms with Gasteiger partial charge < -0.3 is 5.32 Å². The monoisotopic (exact) mass is 547 g/mol. The number of nitrogens with one attached hydrogen (secondary N) is 1. The van der Waals surface area contributed by atoms with Gasteiger partial charge in [-0.2, -0.15) is 0 Å². The molecule has 198 valence electrons. The fraction of sp³-hybridized carbons (Fsp3) is 0.375. The summed E-state index contributed by atoms with van der Waals surface area (Å²) < 4.78 is 26.2. The van der Waals surface area contributed by atoms with E-state index < -0.39 is 26.1 Å². The van der Waals surface area contributed by atoms with Gasteiger partial charge in [-0.3, -0.25) is 24.6 Å². The number of amides is 2. The summed E-state index contributed by atoms with van der Waals surface area (Å²) in [5, 5.41) is 13.3. The maximum absolute atomic E-state index is 13.3. The molecule has 2 aromatic carbocycles. The molecule has 0 aliphatic carbocycles. The first-order valence-electron chi connectivity index (χ1n) is 11.6. The van der Waals surface area contributed by atoms with Gasteiger partial charge >= 0.3 is 0 Å². The van der Waals surface area contributed by atoms with Gasteiger partial charge in [0.1, 0.15) is 5.25 Å². The molecule has 1 N–H and O–H groups in total. The summed E-state index contributed by atoms with van der Waals surface area (Å²) >= 11 is 1.14. The summed E-state index contributed by atoms with van der Waals surface area (Å²) in [6, 6.07) is 11.5. The van der Waals surface area contributed by atoms with Gasteiger partial charge in [0.05, 0.1) is 15.5 Å². The standard InChI is InChI=1S/C24H29N5O6S2/c1-5-8-16(2)28-23(31)21(15-22(30)25-17-9-6-11-19(13-17)29(32)33)36-24(28)26-18-10-7-12-20(14-18)37(34,35)27(3)4/h6-7,9-14,16,21H,5,8,15H2,1-4H3,(H,25,30)/t16-,21+/m0/s1. The molecule has 0 spiro atoms. The van der Waals surface area contributed by atoms with Crippen LogP contribution in [0.15, 0.2) is 58.4 Å². The number of anilines is 1. The zero-order valence-corrected chi connectivity index (χ0v) is 22.6. The van der Waals surface area contributed by atoms with Crippen molar-refractivity contribution in [1.82, 2.24) is 9.21 Å². The minimum Gasteiger partial charge on any atom is -0.326 e. The number of nitro groups is 1. The van der Waals surface area contributed by atoms with E-state index in [9.17, 15) is 28.1 Å². The van der Waals surface area contributed by atoms with Crippen LogP contribution >= 0.6 is 11.8 Å². The molecule has 2 aromatic rings. The molecular formula is C24H29N5O6S2. The lowest BCUT2D eigenvalue weighted by atomic mass is 10.1. The smallest absolute Gasteiger partial charge is 0.271 e. The molecule has 2 atom stereocenters. The topological polar surface area (TPSA) is 142 Å². The van der Waals surface area contributed by atoms with Crippen molar-refractivity contribution < 1.29 is 22.9 Å². The summed E-state index contributed by atoms with van der Waals surface area (Å²) in [6.45, 7) is 3.90. The number of thioether (sulfide) groups is 1. The Morgan fingerprint density at radius 2 is 1.95 bits per heavy atom. The lowest BCUT2D eigenvalue weighted by molar-refractivity contribution is -0.384. The molecule has 37 heavy (non-hydrogen) atoms. The highest BCUT2D eigenvalue weighted by atomic mass is 32.2. The van der Waals surface area contributed by atoms with Crippen molar-refractivity contribution >= 4 is 55.8 Å². The molecule has 0 radical (unpaired) electrons. The molecule has 0 saturated carbocycles. The molecule has 13 heteroatoms. The van der Waals surface area contributed by atoms with Gasteiger partial charge in [-0.25, -0.2) is 17.7 Å². The van der Waals surface area contributed by atoms with Gasteiger partial charge in [-0.15, -0.1) is 0 Å². The minimum atomic E-state index is -3.67. The maximum atomic E-state index is 13.3. The lowest BCUT2D eigenvalue weighted by Gasteiger charge is -2.24. The second-order valence-electron chi connectivity index (χ2n) is 8.69. The molecule has 0 aromatic heterocycles. The highest BCUT2D eigenvalue weighted by Gasteiger charge is 2.41. The molecular weight excluding hydrogens is 518 g/mol. The SMILES string of the molecule is CCC[C@H](C)N1C(=O)[C@@H](CC(=O)Nc2cccc([N+](=O)[O-])c2)SC1=Nc1cccc(S(=O)(=O)N(C)C)c1. The van der Waals surface area contributed by atoms with Gasteiger partial charge in [0.25, 0.3) is 5.69 Å². The summed E-state index contributed by atoms with van der Waals surface area (Å²) in [5.41, 5.74) is 0.476. The molecule has 1 saturated heterocycles. The van der Waals surface area contributed by atoms with Gasteiger partial charge in [0.2, 0.25) is 21.8 Å². The van der Waals surface area contributed by atoms with Gasteiger partial charge in [0, 0.05) is 44.4 Å². The van der Waals surface area contributed by atoms with Crippen LogP contribution < -0.4 is 5.32 Å². The number of rotatable bonds is 10. The molecule has 0 bridgehead atoms. The quantitative estimate of drug-likeness (QED) is 0.350. The molecule has 1 aliphatic rings. The van der Waals surface area contributed by atoms with E-state index in [0.717, 1.165) is 22.5 Å². The first-order chi connectivity index (χ1) is 17.4. The normalized spacial score (nSPS) is 17.9. The van der Waals surface area contributed by atoms with Crippen LogP contribution in [0.3, 0.4) is 0 Å². The largest absolute Gasteiger partial charge is 0.326 e. The Morgan fingerprint density at radius 1 is 1.24 bits per heavy atom. The Morgan fingerprint density at radius 3 is 2.59 bits per heavy atom. The average Bonchev–Trinajstić information content (AvgIpc) is 3.13. The Balaban J connectivity index is 1.85. The number of hydrogen-bond acceptors (Lipinski definition) is 8. The van der Waals surface area contributed by atoms with Crippen LogP contribution in [0, 0.1) is 10.1 Å². The molecule has 1 heterocycles. The van der Waals surface area contributed by atoms with E-state index in [4.69, 9.17) is 0 Å². The summed E-state index contributed by atoms with van der Waals surface area (Å²) in [4.78, 5) is 42.7. The number of amidine groups is 1. The lowest BCUT2D eigenvalue weighted by Crippen LogP contribution is -2.40. The zero-order chi connectivity index (χ0) is 27.3. The van der Waals surface area contributed by atoms with Crippen LogP contribution in [0.4, 0.5) is 17.1 Å². The second-order valence-corrected chi connectivity index (χ2v) is 12.0. The number of sulfonamides is 1. The number of benzene rings is 2. The third-order valence-corrected chi connectivity index (χ3v) is 8.61. The van der Waals surface area contributed by atoms with Crippen molar-refractivity contribution in [2.24, 2.45) is 4.99 Å². The second kappa shape index (κ2) is 11.8. The van der Waals surface area contributed by atoms with Crippen molar-refractivity contribution in [3.05, 3.63) is 58.6 Å². The van der Waals surface area contributed by atoms with Crippen LogP contribution in [0.5, 0.6) is 0 Å². The van der Waals surface area contributed by atoms with Crippen LogP contribution in [0.1, 0.15) is 33.1 Å². The fourth-order valence-corrected chi connectivity index (χ4v) is 5.95. The number of carbonyl (C=O) groups excluding carboxylic acids is 2. The van der Waals surface area contributed by atoms with E-state index in [1.165, 1.54) is 50.5 Å². The van der Waals surface area contributed by atoms with Crippen molar-refractivity contribution in [3.8, 4) is 0 Å². The minimum absolute atomic E-state index is 0.0784. The van der Waals surface area contributed by atoms with Crippen molar-refractivity contribution in [2.75, 3.05) is 19.4 Å². The Bertz CT molecular complexity index is 1330. The third-order valence-electron chi connectivity index (χ3n) is 5.65. The summed E-state index contributed by atoms with van der Waals surface area (Å²) in [6.07, 6.45) is 1.39. The van der Waals surface area contributed by atoms with E-state index >= 15 is 0 Å². The molecule has 0 unspecified atom stereocenters. The highest BCUT2D eigenvalue weighted by molar-refractivity contribution is 8.15. The first kappa shape index (κ1) is 28.3. The van der Waals surface area contributed by atoms with Gasteiger partial charge in [0.15, 0.2) is 5.17 Å². The third kappa shape index (κ3) is 6.73. The van der Waals surface area contributed by atoms with E-state index in [1.54, 1.807) is 17.0 Å². The van der Waals surface area contributed by atoms with Crippen LogP contribution in [0.2, 0.25) is 0 Å². The summed E-state index contributed by atoms with van der Waals surface area (Å²) in [5.74, 6) is -0.731. The van der Waals surface area contributed by atoms with Crippen LogP contribution in [-0.2, 0) is 19.6 Å². The van der Waals surface area contributed by atoms with E-state index in [-0.39, 0.29) is 34.6 Å². The van der Waals surface area contributed by atoms with Crippen LogP contribution in [0.25, 0.3) is 0 Å². The number of carbonyl (C=O) groups is 2. The van der Waals surface area contributed by atoms with Gasteiger partial charge in [-0.1, -0.05) is 37.2 Å². The molecule has 1 fully saturated rings.